The van der Waals surface area contributed by atoms with Gasteiger partial charge in [-0.1, -0.05) is 0 Å². The van der Waals surface area contributed by atoms with Gasteiger partial charge in [-0.25, -0.2) is 0 Å². The summed E-state index contributed by atoms with van der Waals surface area (Å²) < 4.78 is 5.96. The minimum atomic E-state index is -0.247. The molecule has 0 bridgehead atoms. The van der Waals surface area contributed by atoms with Crippen LogP contribution in [0.4, 0.5) is 5.69 Å². The van der Waals surface area contributed by atoms with Crippen LogP contribution >= 0.6 is 22.6 Å². The van der Waals surface area contributed by atoms with Gasteiger partial charge in [-0.05, 0) is 40.8 Å². The highest BCUT2D eigenvalue weighted by atomic mass is 127. The maximum atomic E-state index is 8.89. The molecule has 0 saturated carbocycles. The highest BCUT2D eigenvalue weighted by Crippen LogP contribution is 2.25. The monoisotopic (exact) mass is 350 g/mol. The van der Waals surface area contributed by atoms with E-state index in [1.807, 2.05) is 0 Å². The Hall–Kier alpha value is -2.24. The minimum absolute atomic E-state index is 0.0685. The molecule has 0 spiro atoms. The second-order valence-electron chi connectivity index (χ2n) is 3.06. The second kappa shape index (κ2) is 6.48. The molecule has 0 unspecified atom stereocenters. The molecule has 0 amide bonds. The van der Waals surface area contributed by atoms with Crippen LogP contribution in [0.5, 0.6) is 5.75 Å². The van der Waals surface area contributed by atoms with Gasteiger partial charge in [-0.2, -0.15) is 15.8 Å². The van der Waals surface area contributed by atoms with Crippen molar-refractivity contribution in [1.29, 1.82) is 15.8 Å². The van der Waals surface area contributed by atoms with Gasteiger partial charge in [0.2, 0.25) is 0 Å². The molecule has 0 saturated heterocycles. The Kier molecular flexibility index (Phi) is 4.98. The van der Waals surface area contributed by atoms with Gasteiger partial charge >= 0.3 is 0 Å². The molecule has 88 valence electrons. The third-order valence-corrected chi connectivity index (χ3v) is 2.85. The van der Waals surface area contributed by atoms with Crippen LogP contribution in [-0.2, 0) is 0 Å². The number of anilines is 1. The van der Waals surface area contributed by atoms with Crippen molar-refractivity contribution in [3.63, 3.8) is 0 Å². The standard InChI is InChI=1S/C12H7IN4O/c1-18-12-3-2-9(4-10(12)13)17-11(7-16)8(5-14)6-15/h2-4,17H,1H3. The Morgan fingerprint density at radius 2 is 1.89 bits per heavy atom. The molecule has 0 fully saturated rings. The van der Waals surface area contributed by atoms with E-state index in [-0.39, 0.29) is 11.3 Å². The van der Waals surface area contributed by atoms with Gasteiger partial charge in [-0.15, -0.1) is 0 Å². The zero-order valence-corrected chi connectivity index (χ0v) is 11.5. The minimum Gasteiger partial charge on any atom is -0.496 e. The number of hydrogen-bond acceptors (Lipinski definition) is 5. The lowest BCUT2D eigenvalue weighted by Crippen LogP contribution is -2.01. The average molecular weight is 350 g/mol. The Morgan fingerprint density at radius 1 is 1.22 bits per heavy atom. The number of halogens is 1. The average Bonchev–Trinajstić information content (AvgIpc) is 2.39. The molecule has 0 aliphatic carbocycles. The summed E-state index contributed by atoms with van der Waals surface area (Å²) in [6.07, 6.45) is 0. The molecule has 0 aliphatic heterocycles. The van der Waals surface area contributed by atoms with Crippen LogP contribution in [0.25, 0.3) is 0 Å². The van der Waals surface area contributed by atoms with E-state index in [0.717, 1.165) is 3.57 Å². The summed E-state index contributed by atoms with van der Waals surface area (Å²) in [6, 6.07) is 10.3. The number of nitrogens with one attached hydrogen (secondary N) is 1. The van der Waals surface area contributed by atoms with Crippen LogP contribution < -0.4 is 10.1 Å². The summed E-state index contributed by atoms with van der Waals surface area (Å²) in [5, 5.41) is 29.0. The molecule has 0 radical (unpaired) electrons. The van der Waals surface area contributed by atoms with Gasteiger partial charge in [0.25, 0.3) is 0 Å². The van der Waals surface area contributed by atoms with Crippen LogP contribution in [0, 0.1) is 37.6 Å². The largest absolute Gasteiger partial charge is 0.496 e. The van der Waals surface area contributed by atoms with Crippen molar-refractivity contribution >= 4 is 28.3 Å². The molecular formula is C12H7IN4O. The summed E-state index contributed by atoms with van der Waals surface area (Å²) >= 11 is 2.09. The first-order valence-corrected chi connectivity index (χ1v) is 5.79. The van der Waals surface area contributed by atoms with Gasteiger partial charge in [0.1, 0.15) is 29.7 Å². The molecule has 0 aliphatic rings. The number of nitriles is 3. The van der Waals surface area contributed by atoms with Crippen molar-refractivity contribution in [3.8, 4) is 24.0 Å². The van der Waals surface area contributed by atoms with Gasteiger partial charge in [0.15, 0.2) is 5.57 Å². The first kappa shape index (κ1) is 13.8. The summed E-state index contributed by atoms with van der Waals surface area (Å²) in [6.45, 7) is 0. The third kappa shape index (κ3) is 3.13. The zero-order valence-electron chi connectivity index (χ0n) is 9.36. The quantitative estimate of drug-likeness (QED) is 0.668. The number of nitrogens with zero attached hydrogens (tertiary/aromatic N) is 3. The normalized spacial score (nSPS) is 8.39. The predicted octanol–water partition coefficient (Wildman–Crippen LogP) is 2.54. The maximum Gasteiger partial charge on any atom is 0.163 e. The van der Waals surface area contributed by atoms with Crippen molar-refractivity contribution in [2.75, 3.05) is 12.4 Å². The van der Waals surface area contributed by atoms with Crippen molar-refractivity contribution in [2.45, 2.75) is 0 Å². The number of ether oxygens (including phenoxy) is 1. The number of methoxy groups -OCH3 is 1. The first-order valence-electron chi connectivity index (χ1n) is 4.71. The second-order valence-corrected chi connectivity index (χ2v) is 4.22. The number of hydrogen-bond donors (Lipinski definition) is 1. The predicted molar refractivity (Wildman–Crippen MR) is 73.2 cm³/mol. The van der Waals surface area contributed by atoms with E-state index in [0.29, 0.717) is 11.4 Å². The Morgan fingerprint density at radius 3 is 2.33 bits per heavy atom. The summed E-state index contributed by atoms with van der Waals surface area (Å²) in [5.74, 6) is 0.712. The molecule has 0 heterocycles. The van der Waals surface area contributed by atoms with E-state index >= 15 is 0 Å². The van der Waals surface area contributed by atoms with Crippen molar-refractivity contribution in [2.24, 2.45) is 0 Å². The summed E-state index contributed by atoms with van der Waals surface area (Å²) in [4.78, 5) is 0. The molecule has 1 N–H and O–H groups in total. The van der Waals surface area contributed by atoms with Crippen molar-refractivity contribution < 1.29 is 4.74 Å². The fraction of sp³-hybridized carbons (Fsp3) is 0.0833. The lowest BCUT2D eigenvalue weighted by atomic mass is 10.2. The summed E-state index contributed by atoms with van der Waals surface area (Å²) in [7, 11) is 1.56. The van der Waals surface area contributed by atoms with Crippen LogP contribution in [0.3, 0.4) is 0 Å². The highest BCUT2D eigenvalue weighted by molar-refractivity contribution is 14.1. The molecule has 0 atom stereocenters. The van der Waals surface area contributed by atoms with Crippen LogP contribution in [0.15, 0.2) is 29.5 Å². The fourth-order valence-electron chi connectivity index (χ4n) is 1.17. The van der Waals surface area contributed by atoms with Gasteiger partial charge in [0.05, 0.1) is 10.7 Å². The number of allylic oxidation sites excluding steroid dienone is 2. The SMILES string of the molecule is COc1ccc(NC(C#N)=C(C#N)C#N)cc1I. The van der Waals surface area contributed by atoms with E-state index in [4.69, 9.17) is 20.5 Å². The first-order chi connectivity index (χ1) is 8.65. The maximum absolute atomic E-state index is 8.89. The van der Waals surface area contributed by atoms with E-state index < -0.39 is 0 Å². The zero-order chi connectivity index (χ0) is 13.5. The third-order valence-electron chi connectivity index (χ3n) is 2.01. The van der Waals surface area contributed by atoms with E-state index in [1.54, 1.807) is 43.5 Å². The van der Waals surface area contributed by atoms with E-state index in [1.165, 1.54) is 0 Å². The van der Waals surface area contributed by atoms with Gasteiger partial charge in [-0.3, -0.25) is 0 Å². The molecule has 1 rings (SSSR count). The number of benzene rings is 1. The highest BCUT2D eigenvalue weighted by Gasteiger charge is 2.07. The lowest BCUT2D eigenvalue weighted by molar-refractivity contribution is 0.412. The van der Waals surface area contributed by atoms with Crippen molar-refractivity contribution in [1.82, 2.24) is 0 Å². The van der Waals surface area contributed by atoms with Crippen LogP contribution in [-0.4, -0.2) is 7.11 Å². The van der Waals surface area contributed by atoms with Crippen molar-refractivity contribution in [3.05, 3.63) is 33.0 Å². The molecule has 18 heavy (non-hydrogen) atoms. The molecule has 0 aromatic heterocycles. The smallest absolute Gasteiger partial charge is 0.163 e. The van der Waals surface area contributed by atoms with Crippen LogP contribution in [0.2, 0.25) is 0 Å². The Bertz CT molecular complexity index is 600. The molecular weight excluding hydrogens is 343 g/mol. The van der Waals surface area contributed by atoms with Crippen LogP contribution in [0.1, 0.15) is 0 Å². The molecule has 1 aromatic rings. The van der Waals surface area contributed by atoms with E-state index in [2.05, 4.69) is 27.9 Å². The number of rotatable bonds is 3. The van der Waals surface area contributed by atoms with Gasteiger partial charge < -0.3 is 10.1 Å². The summed E-state index contributed by atoms with van der Waals surface area (Å²) in [5.41, 5.74) is 0.295. The molecule has 5 nitrogen and oxygen atoms in total. The Labute approximate surface area is 118 Å². The van der Waals surface area contributed by atoms with Gasteiger partial charge in [0, 0.05) is 5.69 Å². The lowest BCUT2D eigenvalue weighted by Gasteiger charge is -2.07. The molecule has 6 heteroatoms. The Balaban J connectivity index is 3.10. The fourth-order valence-corrected chi connectivity index (χ4v) is 1.91. The van der Waals surface area contributed by atoms with E-state index in [9.17, 15) is 0 Å². The topological polar surface area (TPSA) is 92.6 Å². The molecule has 1 aromatic carbocycles.